The fourth-order valence-electron chi connectivity index (χ4n) is 2.54. The minimum absolute atomic E-state index is 0.0530. The molecule has 19 heavy (non-hydrogen) atoms. The van der Waals surface area contributed by atoms with E-state index in [2.05, 4.69) is 37.9 Å². The highest BCUT2D eigenvalue weighted by Crippen LogP contribution is 2.08. The average Bonchev–Trinajstić information content (AvgIpc) is 2.69. The van der Waals surface area contributed by atoms with Crippen LogP contribution < -0.4 is 5.32 Å². The van der Waals surface area contributed by atoms with E-state index in [4.69, 9.17) is 0 Å². The van der Waals surface area contributed by atoms with Crippen LogP contribution in [0.2, 0.25) is 0 Å². The molecular weight excluding hydrogens is 242 g/mol. The summed E-state index contributed by atoms with van der Waals surface area (Å²) in [6.07, 6.45) is 1.46. The number of nitrogens with zero attached hydrogens (tertiary/aromatic N) is 2. The molecule has 1 heterocycles. The van der Waals surface area contributed by atoms with Gasteiger partial charge in [-0.05, 0) is 34.1 Å². The Labute approximate surface area is 116 Å². The second-order valence-corrected chi connectivity index (χ2v) is 5.69. The Hall–Kier alpha value is -1.10. The van der Waals surface area contributed by atoms with E-state index in [0.29, 0.717) is 25.0 Å². The van der Waals surface area contributed by atoms with Crippen molar-refractivity contribution >= 4 is 11.8 Å². The summed E-state index contributed by atoms with van der Waals surface area (Å²) in [5, 5.41) is 2.90. The van der Waals surface area contributed by atoms with Crippen LogP contribution in [0.4, 0.5) is 0 Å². The van der Waals surface area contributed by atoms with Gasteiger partial charge in [-0.15, -0.1) is 0 Å². The van der Waals surface area contributed by atoms with Crippen LogP contribution in [0.3, 0.4) is 0 Å². The predicted octanol–water partition coefficient (Wildman–Crippen LogP) is 0.844. The van der Waals surface area contributed by atoms with Crippen molar-refractivity contribution in [3.63, 3.8) is 0 Å². The SMILES string of the molecule is CC(C)N(CCNC(=O)CN1CCCC1=O)C(C)C. The quantitative estimate of drug-likeness (QED) is 0.745. The zero-order valence-corrected chi connectivity index (χ0v) is 12.6. The Balaban J connectivity index is 2.24. The topological polar surface area (TPSA) is 52.7 Å². The second kappa shape index (κ2) is 7.48. The number of carbonyl (C=O) groups excluding carboxylic acids is 2. The Bertz CT molecular complexity index is 308. The Morgan fingerprint density at radius 2 is 1.95 bits per heavy atom. The molecule has 0 spiro atoms. The highest BCUT2D eigenvalue weighted by atomic mass is 16.2. The Morgan fingerprint density at radius 1 is 1.32 bits per heavy atom. The standard InChI is InChI=1S/C14H27N3O2/c1-11(2)17(12(3)4)9-7-15-13(18)10-16-8-5-6-14(16)19/h11-12H,5-10H2,1-4H3,(H,15,18). The van der Waals surface area contributed by atoms with Crippen molar-refractivity contribution in [2.24, 2.45) is 0 Å². The highest BCUT2D eigenvalue weighted by molar-refractivity contribution is 5.85. The largest absolute Gasteiger partial charge is 0.353 e. The first-order chi connectivity index (χ1) is 8.91. The molecular formula is C14H27N3O2. The molecule has 5 heteroatoms. The molecule has 1 N–H and O–H groups in total. The lowest BCUT2D eigenvalue weighted by Crippen LogP contribution is -2.44. The summed E-state index contributed by atoms with van der Waals surface area (Å²) >= 11 is 0. The number of hydrogen-bond acceptors (Lipinski definition) is 3. The van der Waals surface area contributed by atoms with E-state index in [1.54, 1.807) is 4.90 Å². The monoisotopic (exact) mass is 269 g/mol. The average molecular weight is 269 g/mol. The first kappa shape index (κ1) is 16.0. The molecule has 0 aromatic rings. The molecule has 0 aromatic carbocycles. The summed E-state index contributed by atoms with van der Waals surface area (Å²) in [6.45, 7) is 11.0. The van der Waals surface area contributed by atoms with Crippen LogP contribution >= 0.6 is 0 Å². The van der Waals surface area contributed by atoms with Gasteiger partial charge in [0.1, 0.15) is 0 Å². The van der Waals surface area contributed by atoms with Crippen molar-refractivity contribution in [1.82, 2.24) is 15.1 Å². The van der Waals surface area contributed by atoms with Crippen molar-refractivity contribution in [3.8, 4) is 0 Å². The molecule has 0 unspecified atom stereocenters. The Kier molecular flexibility index (Phi) is 6.28. The first-order valence-electron chi connectivity index (χ1n) is 7.22. The van der Waals surface area contributed by atoms with E-state index in [1.165, 1.54) is 0 Å². The van der Waals surface area contributed by atoms with Crippen LogP contribution in [-0.4, -0.2) is 59.9 Å². The molecule has 5 nitrogen and oxygen atoms in total. The van der Waals surface area contributed by atoms with Crippen LogP contribution in [-0.2, 0) is 9.59 Å². The van der Waals surface area contributed by atoms with E-state index < -0.39 is 0 Å². The van der Waals surface area contributed by atoms with Gasteiger partial charge in [0.15, 0.2) is 0 Å². The maximum Gasteiger partial charge on any atom is 0.239 e. The van der Waals surface area contributed by atoms with Crippen LogP contribution in [0.5, 0.6) is 0 Å². The van der Waals surface area contributed by atoms with Crippen molar-refractivity contribution in [3.05, 3.63) is 0 Å². The number of carbonyl (C=O) groups is 2. The smallest absolute Gasteiger partial charge is 0.239 e. The lowest BCUT2D eigenvalue weighted by Gasteiger charge is -2.30. The van der Waals surface area contributed by atoms with Crippen molar-refractivity contribution in [2.45, 2.75) is 52.6 Å². The molecule has 1 rings (SSSR count). The summed E-state index contributed by atoms with van der Waals surface area (Å²) < 4.78 is 0. The van der Waals surface area contributed by atoms with E-state index in [1.807, 2.05) is 0 Å². The number of rotatable bonds is 7. The van der Waals surface area contributed by atoms with Crippen LogP contribution in [0.15, 0.2) is 0 Å². The maximum atomic E-state index is 11.7. The van der Waals surface area contributed by atoms with Gasteiger partial charge in [-0.1, -0.05) is 0 Å². The maximum absolute atomic E-state index is 11.7. The summed E-state index contributed by atoms with van der Waals surface area (Å²) in [7, 11) is 0. The molecule has 110 valence electrons. The molecule has 0 saturated carbocycles. The van der Waals surface area contributed by atoms with Gasteiger partial charge in [0, 0.05) is 38.1 Å². The van der Waals surface area contributed by atoms with Gasteiger partial charge in [0.05, 0.1) is 6.54 Å². The summed E-state index contributed by atoms with van der Waals surface area (Å²) in [5.74, 6) is 0.0452. The van der Waals surface area contributed by atoms with Gasteiger partial charge in [-0.3, -0.25) is 14.5 Å². The van der Waals surface area contributed by atoms with Gasteiger partial charge in [-0.2, -0.15) is 0 Å². The molecule has 1 fully saturated rings. The van der Waals surface area contributed by atoms with Crippen LogP contribution in [0.25, 0.3) is 0 Å². The highest BCUT2D eigenvalue weighted by Gasteiger charge is 2.22. The molecule has 1 aliphatic heterocycles. The molecule has 1 saturated heterocycles. The number of hydrogen-bond donors (Lipinski definition) is 1. The number of amides is 2. The van der Waals surface area contributed by atoms with Crippen LogP contribution in [0, 0.1) is 0 Å². The molecule has 0 atom stereocenters. The molecule has 0 aromatic heterocycles. The van der Waals surface area contributed by atoms with Gasteiger partial charge in [-0.25, -0.2) is 0 Å². The van der Waals surface area contributed by atoms with Gasteiger partial charge < -0.3 is 10.2 Å². The van der Waals surface area contributed by atoms with Gasteiger partial charge in [0.25, 0.3) is 0 Å². The fourth-order valence-corrected chi connectivity index (χ4v) is 2.54. The minimum Gasteiger partial charge on any atom is -0.353 e. The normalized spacial score (nSPS) is 15.9. The third-order valence-corrected chi connectivity index (χ3v) is 3.52. The second-order valence-electron chi connectivity index (χ2n) is 5.69. The first-order valence-corrected chi connectivity index (χ1v) is 7.22. The Morgan fingerprint density at radius 3 is 2.42 bits per heavy atom. The zero-order valence-electron chi connectivity index (χ0n) is 12.6. The third kappa shape index (κ3) is 5.19. The summed E-state index contributed by atoms with van der Waals surface area (Å²) in [5.41, 5.74) is 0. The van der Waals surface area contributed by atoms with Gasteiger partial charge in [0.2, 0.25) is 11.8 Å². The minimum atomic E-state index is -0.0530. The van der Waals surface area contributed by atoms with Crippen molar-refractivity contribution in [2.75, 3.05) is 26.2 Å². The van der Waals surface area contributed by atoms with E-state index in [-0.39, 0.29) is 18.4 Å². The molecule has 2 amide bonds. The van der Waals surface area contributed by atoms with E-state index in [9.17, 15) is 9.59 Å². The summed E-state index contributed by atoms with van der Waals surface area (Å²) in [4.78, 5) is 27.1. The molecule has 1 aliphatic rings. The molecule has 0 radical (unpaired) electrons. The van der Waals surface area contributed by atoms with E-state index in [0.717, 1.165) is 19.5 Å². The summed E-state index contributed by atoms with van der Waals surface area (Å²) in [6, 6.07) is 0.939. The number of nitrogens with one attached hydrogen (secondary N) is 1. The van der Waals surface area contributed by atoms with Crippen molar-refractivity contribution < 1.29 is 9.59 Å². The number of likely N-dealkylation sites (tertiary alicyclic amines) is 1. The zero-order chi connectivity index (χ0) is 14.4. The lowest BCUT2D eigenvalue weighted by atomic mass is 10.2. The predicted molar refractivity (Wildman–Crippen MR) is 75.8 cm³/mol. The van der Waals surface area contributed by atoms with E-state index >= 15 is 0 Å². The van der Waals surface area contributed by atoms with Gasteiger partial charge >= 0.3 is 0 Å². The van der Waals surface area contributed by atoms with Crippen LogP contribution in [0.1, 0.15) is 40.5 Å². The fraction of sp³-hybridized carbons (Fsp3) is 0.857. The van der Waals surface area contributed by atoms with Crippen molar-refractivity contribution in [1.29, 1.82) is 0 Å². The third-order valence-electron chi connectivity index (χ3n) is 3.52. The molecule has 0 bridgehead atoms. The molecule has 0 aliphatic carbocycles. The lowest BCUT2D eigenvalue weighted by molar-refractivity contribution is -0.133.